The van der Waals surface area contributed by atoms with Gasteiger partial charge in [0.05, 0.1) is 17.9 Å². The SMILES string of the molecule is CN(CCS(C)(=O)=O)C(=O)c1cc(C#CCN)ccc1F. The molecule has 0 heterocycles. The molecule has 0 aromatic heterocycles. The third kappa shape index (κ3) is 5.53. The molecule has 0 fully saturated rings. The summed E-state index contributed by atoms with van der Waals surface area (Å²) in [4.78, 5) is 13.3. The second-order valence-corrected chi connectivity index (χ2v) is 6.82. The molecule has 2 N–H and O–H groups in total. The maximum Gasteiger partial charge on any atom is 0.256 e. The molecule has 1 amide bonds. The lowest BCUT2D eigenvalue weighted by atomic mass is 10.1. The number of carbonyl (C=O) groups is 1. The lowest BCUT2D eigenvalue weighted by Crippen LogP contribution is -2.32. The average Bonchev–Trinajstić information content (AvgIpc) is 2.42. The average molecular weight is 312 g/mol. The molecule has 1 aromatic carbocycles. The molecule has 5 nitrogen and oxygen atoms in total. The lowest BCUT2D eigenvalue weighted by Gasteiger charge is -2.17. The zero-order valence-electron chi connectivity index (χ0n) is 11.9. The van der Waals surface area contributed by atoms with Crippen LogP contribution in [0.4, 0.5) is 4.39 Å². The van der Waals surface area contributed by atoms with Gasteiger partial charge in [-0.25, -0.2) is 12.8 Å². The van der Waals surface area contributed by atoms with Gasteiger partial charge >= 0.3 is 0 Å². The number of hydrogen-bond donors (Lipinski definition) is 1. The summed E-state index contributed by atoms with van der Waals surface area (Å²) < 4.78 is 35.9. The van der Waals surface area contributed by atoms with Crippen molar-refractivity contribution < 1.29 is 17.6 Å². The first-order valence-electron chi connectivity index (χ1n) is 6.16. The minimum absolute atomic E-state index is 0.00415. The Balaban J connectivity index is 2.95. The Morgan fingerprint density at radius 1 is 1.43 bits per heavy atom. The number of carbonyl (C=O) groups excluding carboxylic acids is 1. The van der Waals surface area contributed by atoms with Gasteiger partial charge in [0.25, 0.3) is 5.91 Å². The van der Waals surface area contributed by atoms with Crippen LogP contribution in [0.25, 0.3) is 0 Å². The summed E-state index contributed by atoms with van der Waals surface area (Å²) in [6, 6.07) is 3.93. The van der Waals surface area contributed by atoms with Crippen LogP contribution < -0.4 is 5.73 Å². The number of halogens is 1. The van der Waals surface area contributed by atoms with Gasteiger partial charge in [-0.2, -0.15) is 0 Å². The molecular formula is C14H17FN2O3S. The molecule has 0 aliphatic heterocycles. The van der Waals surface area contributed by atoms with Gasteiger partial charge in [-0.3, -0.25) is 4.79 Å². The molecule has 0 radical (unpaired) electrons. The van der Waals surface area contributed by atoms with Crippen LogP contribution in [-0.4, -0.2) is 51.4 Å². The third-order valence-corrected chi connectivity index (χ3v) is 3.60. The molecule has 0 saturated heterocycles. The standard InChI is InChI=1S/C14H17FN2O3S/c1-17(8-9-21(2,19)20)14(18)12-10-11(4-3-7-16)5-6-13(12)15/h5-6,10H,7-9,16H2,1-2H3. The highest BCUT2D eigenvalue weighted by Crippen LogP contribution is 2.12. The van der Waals surface area contributed by atoms with Gasteiger partial charge in [-0.15, -0.1) is 0 Å². The first-order chi connectivity index (χ1) is 9.74. The van der Waals surface area contributed by atoms with Gasteiger partial charge in [0.1, 0.15) is 15.7 Å². The molecule has 0 saturated carbocycles. The molecule has 0 spiro atoms. The predicted molar refractivity (Wildman–Crippen MR) is 79.0 cm³/mol. The van der Waals surface area contributed by atoms with Crippen LogP contribution in [0.5, 0.6) is 0 Å². The fourth-order valence-corrected chi connectivity index (χ4v) is 2.14. The zero-order valence-corrected chi connectivity index (χ0v) is 12.7. The van der Waals surface area contributed by atoms with E-state index in [1.54, 1.807) is 0 Å². The van der Waals surface area contributed by atoms with Crippen LogP contribution in [0.1, 0.15) is 15.9 Å². The molecule has 7 heteroatoms. The van der Waals surface area contributed by atoms with E-state index >= 15 is 0 Å². The van der Waals surface area contributed by atoms with Crippen molar-refractivity contribution in [3.8, 4) is 11.8 Å². The van der Waals surface area contributed by atoms with Gasteiger partial charge in [0.2, 0.25) is 0 Å². The van der Waals surface area contributed by atoms with E-state index in [0.29, 0.717) is 5.56 Å². The molecule has 21 heavy (non-hydrogen) atoms. The van der Waals surface area contributed by atoms with Gasteiger partial charge in [0.15, 0.2) is 0 Å². The largest absolute Gasteiger partial charge is 0.341 e. The topological polar surface area (TPSA) is 80.5 Å². The van der Waals surface area contributed by atoms with Crippen molar-refractivity contribution in [2.24, 2.45) is 5.73 Å². The first-order valence-corrected chi connectivity index (χ1v) is 8.22. The molecule has 1 aromatic rings. The monoisotopic (exact) mass is 312 g/mol. The third-order valence-electron chi connectivity index (χ3n) is 2.68. The van der Waals surface area contributed by atoms with E-state index in [2.05, 4.69) is 11.8 Å². The van der Waals surface area contributed by atoms with Crippen molar-refractivity contribution in [3.05, 3.63) is 35.1 Å². The zero-order chi connectivity index (χ0) is 16.0. The summed E-state index contributed by atoms with van der Waals surface area (Å²) in [6.45, 7) is 0.157. The van der Waals surface area contributed by atoms with Crippen molar-refractivity contribution >= 4 is 15.7 Å². The van der Waals surface area contributed by atoms with Crippen LogP contribution in [-0.2, 0) is 9.84 Å². The van der Waals surface area contributed by atoms with Gasteiger partial charge < -0.3 is 10.6 Å². The molecule has 0 unspecified atom stereocenters. The quantitative estimate of drug-likeness (QED) is 0.808. The van der Waals surface area contributed by atoms with Crippen molar-refractivity contribution in [1.82, 2.24) is 4.90 Å². The highest BCUT2D eigenvalue weighted by atomic mass is 32.2. The Morgan fingerprint density at radius 3 is 2.67 bits per heavy atom. The Labute approximate surface area is 123 Å². The number of sulfone groups is 1. The van der Waals surface area contributed by atoms with Crippen LogP contribution >= 0.6 is 0 Å². The molecule has 0 bridgehead atoms. The summed E-state index contributed by atoms with van der Waals surface area (Å²) in [7, 11) is -1.77. The molecule has 0 aliphatic rings. The molecule has 114 valence electrons. The number of nitrogens with two attached hydrogens (primary N) is 1. The lowest BCUT2D eigenvalue weighted by molar-refractivity contribution is 0.0799. The first kappa shape index (κ1) is 17.1. The predicted octanol–water partition coefficient (Wildman–Crippen LogP) is 0.253. The summed E-state index contributed by atoms with van der Waals surface area (Å²) in [6.07, 6.45) is 1.08. The molecule has 1 rings (SSSR count). The van der Waals surface area contributed by atoms with Crippen LogP contribution in [0.2, 0.25) is 0 Å². The summed E-state index contributed by atoms with van der Waals surface area (Å²) in [5, 5.41) is 0. The number of nitrogens with zero attached hydrogens (tertiary/aromatic N) is 1. The number of hydrogen-bond acceptors (Lipinski definition) is 4. The Bertz CT molecular complexity index is 690. The van der Waals surface area contributed by atoms with Gasteiger partial charge in [0, 0.05) is 25.4 Å². The second kappa shape index (κ2) is 7.20. The highest BCUT2D eigenvalue weighted by Gasteiger charge is 2.17. The smallest absolute Gasteiger partial charge is 0.256 e. The van der Waals surface area contributed by atoms with Crippen LogP contribution in [0.3, 0.4) is 0 Å². The second-order valence-electron chi connectivity index (χ2n) is 4.56. The Morgan fingerprint density at radius 2 is 2.10 bits per heavy atom. The van der Waals surface area contributed by atoms with Crippen molar-refractivity contribution in [1.29, 1.82) is 0 Å². The fourth-order valence-electron chi connectivity index (χ4n) is 1.53. The molecule has 0 aliphatic carbocycles. The van der Waals surface area contributed by atoms with Crippen molar-refractivity contribution in [3.63, 3.8) is 0 Å². The highest BCUT2D eigenvalue weighted by molar-refractivity contribution is 7.90. The Hall–Kier alpha value is -1.91. The Kier molecular flexibility index (Phi) is 5.88. The van der Waals surface area contributed by atoms with Crippen molar-refractivity contribution in [2.75, 3.05) is 32.1 Å². The molecular weight excluding hydrogens is 295 g/mol. The summed E-state index contributed by atoms with van der Waals surface area (Å²) >= 11 is 0. The maximum atomic E-state index is 13.7. The minimum Gasteiger partial charge on any atom is -0.341 e. The fraction of sp³-hybridized carbons (Fsp3) is 0.357. The van der Waals surface area contributed by atoms with E-state index in [1.807, 2.05) is 0 Å². The van der Waals surface area contributed by atoms with E-state index in [9.17, 15) is 17.6 Å². The minimum atomic E-state index is -3.19. The summed E-state index contributed by atoms with van der Waals surface area (Å²) in [5.74, 6) is 3.89. The van der Waals surface area contributed by atoms with E-state index < -0.39 is 21.6 Å². The van der Waals surface area contributed by atoms with Crippen molar-refractivity contribution in [2.45, 2.75) is 0 Å². The number of benzene rings is 1. The van der Waals surface area contributed by atoms with E-state index in [1.165, 1.54) is 24.1 Å². The van der Waals surface area contributed by atoms with E-state index in [0.717, 1.165) is 12.3 Å². The van der Waals surface area contributed by atoms with Gasteiger partial charge in [-0.05, 0) is 18.2 Å². The normalized spacial score (nSPS) is 10.7. The van der Waals surface area contributed by atoms with Gasteiger partial charge in [-0.1, -0.05) is 11.8 Å². The number of amides is 1. The van der Waals surface area contributed by atoms with Crippen LogP contribution in [0.15, 0.2) is 18.2 Å². The molecule has 0 atom stereocenters. The summed E-state index contributed by atoms with van der Waals surface area (Å²) in [5.41, 5.74) is 5.58. The number of rotatable bonds is 4. The maximum absolute atomic E-state index is 13.7. The van der Waals surface area contributed by atoms with E-state index in [4.69, 9.17) is 5.73 Å². The van der Waals surface area contributed by atoms with Crippen LogP contribution in [0, 0.1) is 17.7 Å². The van der Waals surface area contributed by atoms with E-state index in [-0.39, 0.29) is 24.4 Å².